The fourth-order valence-corrected chi connectivity index (χ4v) is 5.21. The lowest BCUT2D eigenvalue weighted by molar-refractivity contribution is -0.0724. The van der Waals surface area contributed by atoms with Crippen molar-refractivity contribution in [2.24, 2.45) is 0 Å². The lowest BCUT2D eigenvalue weighted by Gasteiger charge is -2.37. The summed E-state index contributed by atoms with van der Waals surface area (Å²) in [7, 11) is 0. The molecule has 2 aromatic rings. The molecule has 0 spiro atoms. The third kappa shape index (κ3) is 8.49. The molecule has 220 valence electrons. The molecule has 9 nitrogen and oxygen atoms in total. The molecule has 2 atom stereocenters. The second-order valence-corrected chi connectivity index (χ2v) is 10.6. The van der Waals surface area contributed by atoms with Crippen LogP contribution in [-0.2, 0) is 0 Å². The van der Waals surface area contributed by atoms with Gasteiger partial charge in [-0.2, -0.15) is 0 Å². The number of nitrogens with zero attached hydrogens (tertiary/aromatic N) is 2. The molecule has 2 fully saturated rings. The van der Waals surface area contributed by atoms with E-state index in [-0.39, 0.29) is 17.2 Å². The number of hydrogen-bond donors (Lipinski definition) is 3. The molecule has 3 N–H and O–H groups in total. The van der Waals surface area contributed by atoms with E-state index in [9.17, 15) is 15.0 Å². The highest BCUT2D eigenvalue weighted by Crippen LogP contribution is 2.30. The predicted molar refractivity (Wildman–Crippen MR) is 154 cm³/mol. The molecular formula is C31H45N3O6. The highest BCUT2D eigenvalue weighted by molar-refractivity contribution is 5.97. The number of aliphatic hydroxyl groups excluding tert-OH is 1. The molecule has 1 amide bonds. The highest BCUT2D eigenvalue weighted by Gasteiger charge is 2.30. The Morgan fingerprint density at radius 2 is 1.62 bits per heavy atom. The molecule has 2 aliphatic heterocycles. The number of nitrogens with one attached hydrogen (secondary N) is 1. The summed E-state index contributed by atoms with van der Waals surface area (Å²) in [5.74, 6) is 1.66. The maximum absolute atomic E-state index is 12.9. The van der Waals surface area contributed by atoms with Crippen molar-refractivity contribution in [3.63, 3.8) is 0 Å². The van der Waals surface area contributed by atoms with E-state index in [4.69, 9.17) is 14.2 Å². The molecule has 2 aromatic carbocycles. The van der Waals surface area contributed by atoms with E-state index in [1.807, 2.05) is 24.3 Å². The summed E-state index contributed by atoms with van der Waals surface area (Å²) in [6, 6.07) is 12.4. The van der Waals surface area contributed by atoms with Gasteiger partial charge < -0.3 is 34.6 Å². The Balaban J connectivity index is 1.29. The van der Waals surface area contributed by atoms with Crippen molar-refractivity contribution in [1.82, 2.24) is 15.1 Å². The minimum atomic E-state index is -0.764. The fraction of sp³-hybridized carbons (Fsp3) is 0.581. The van der Waals surface area contributed by atoms with Crippen LogP contribution in [0, 0.1) is 0 Å². The van der Waals surface area contributed by atoms with Crippen molar-refractivity contribution in [1.29, 1.82) is 0 Å². The number of ether oxygens (including phenoxy) is 3. The summed E-state index contributed by atoms with van der Waals surface area (Å²) in [5.41, 5.74) is 0.271. The number of hydrogen-bond acceptors (Lipinski definition) is 8. The zero-order valence-electron chi connectivity index (χ0n) is 23.7. The summed E-state index contributed by atoms with van der Waals surface area (Å²) in [6.45, 7) is 7.03. The number of aromatic hydroxyl groups is 1. The Hall–Kier alpha value is -3.01. The van der Waals surface area contributed by atoms with Gasteiger partial charge in [0.2, 0.25) is 0 Å². The third-order valence-electron chi connectivity index (χ3n) is 7.38. The van der Waals surface area contributed by atoms with Crippen molar-refractivity contribution in [3.05, 3.63) is 48.0 Å². The van der Waals surface area contributed by atoms with Gasteiger partial charge in [-0.3, -0.25) is 9.69 Å². The average molecular weight is 556 g/mol. The lowest BCUT2D eigenvalue weighted by atomic mass is 10.1. The van der Waals surface area contributed by atoms with Crippen LogP contribution >= 0.6 is 0 Å². The largest absolute Gasteiger partial charge is 0.507 e. The van der Waals surface area contributed by atoms with Gasteiger partial charge in [0.1, 0.15) is 24.2 Å². The van der Waals surface area contributed by atoms with Crippen molar-refractivity contribution < 1.29 is 29.2 Å². The Morgan fingerprint density at radius 3 is 2.35 bits per heavy atom. The van der Waals surface area contributed by atoms with E-state index < -0.39 is 12.3 Å². The first-order valence-corrected chi connectivity index (χ1v) is 14.8. The summed E-state index contributed by atoms with van der Waals surface area (Å²) in [5, 5.41) is 24.7. The van der Waals surface area contributed by atoms with Gasteiger partial charge in [0.05, 0.1) is 12.2 Å². The molecule has 0 aromatic heterocycles. The van der Waals surface area contributed by atoms with Crippen LogP contribution in [0.5, 0.6) is 23.0 Å². The molecular weight excluding hydrogens is 510 g/mol. The van der Waals surface area contributed by atoms with Gasteiger partial charge >= 0.3 is 0 Å². The smallest absolute Gasteiger partial charge is 0.257 e. The van der Waals surface area contributed by atoms with Crippen LogP contribution in [0.25, 0.3) is 0 Å². The summed E-state index contributed by atoms with van der Waals surface area (Å²) in [6.07, 6.45) is 6.10. The van der Waals surface area contributed by atoms with E-state index in [0.717, 1.165) is 64.7 Å². The molecule has 0 aliphatic carbocycles. The minimum absolute atomic E-state index is 0.0328. The first-order valence-electron chi connectivity index (χ1n) is 14.8. The highest BCUT2D eigenvalue weighted by atomic mass is 16.5. The Kier molecular flexibility index (Phi) is 11.8. The number of benzene rings is 2. The van der Waals surface area contributed by atoms with Crippen LogP contribution in [0.15, 0.2) is 42.5 Å². The Morgan fingerprint density at radius 1 is 0.925 bits per heavy atom. The van der Waals surface area contributed by atoms with E-state index in [1.54, 1.807) is 17.0 Å². The van der Waals surface area contributed by atoms with Gasteiger partial charge in [-0.25, -0.2) is 0 Å². The van der Waals surface area contributed by atoms with Crippen molar-refractivity contribution in [2.75, 3.05) is 52.5 Å². The van der Waals surface area contributed by atoms with Crippen molar-refractivity contribution in [2.45, 2.75) is 64.2 Å². The molecule has 2 unspecified atom stereocenters. The first kappa shape index (κ1) is 30.0. The SMILES string of the molecule is CCCOc1ccccc1OC(C(O)CNCCOc1ccc(O)c(C(=O)N2CCCCC2)c1)N1CCCCC1. The second-order valence-electron chi connectivity index (χ2n) is 10.6. The van der Waals surface area contributed by atoms with Gasteiger partial charge in [-0.15, -0.1) is 0 Å². The Bertz CT molecular complexity index is 1060. The van der Waals surface area contributed by atoms with Crippen LogP contribution in [0.2, 0.25) is 0 Å². The van der Waals surface area contributed by atoms with Crippen LogP contribution in [0.1, 0.15) is 62.2 Å². The monoisotopic (exact) mass is 555 g/mol. The molecule has 2 saturated heterocycles. The van der Waals surface area contributed by atoms with E-state index >= 15 is 0 Å². The summed E-state index contributed by atoms with van der Waals surface area (Å²) >= 11 is 0. The molecule has 40 heavy (non-hydrogen) atoms. The number of phenols is 1. The van der Waals surface area contributed by atoms with Crippen LogP contribution in [0.3, 0.4) is 0 Å². The normalized spacial score (nSPS) is 17.7. The molecule has 4 rings (SSSR count). The van der Waals surface area contributed by atoms with Crippen LogP contribution in [0.4, 0.5) is 0 Å². The summed E-state index contributed by atoms with van der Waals surface area (Å²) in [4.78, 5) is 16.9. The lowest BCUT2D eigenvalue weighted by Crippen LogP contribution is -2.52. The molecule has 0 bridgehead atoms. The molecule has 0 saturated carbocycles. The topological polar surface area (TPSA) is 104 Å². The quantitative estimate of drug-likeness (QED) is 0.300. The fourth-order valence-electron chi connectivity index (χ4n) is 5.21. The van der Waals surface area contributed by atoms with E-state index in [2.05, 4.69) is 17.1 Å². The second kappa shape index (κ2) is 15.7. The predicted octanol–water partition coefficient (Wildman–Crippen LogP) is 4.03. The van der Waals surface area contributed by atoms with Crippen molar-refractivity contribution >= 4 is 5.91 Å². The number of phenolic OH excluding ortho intramolecular Hbond substituents is 1. The number of likely N-dealkylation sites (tertiary alicyclic amines) is 2. The van der Waals surface area contributed by atoms with E-state index in [1.165, 1.54) is 12.5 Å². The standard InChI is InChI=1S/C31H45N3O6/c1-2-20-39-28-11-5-6-12-29(28)40-31(34-18-9-4-10-19-34)27(36)23-32-15-21-38-24-13-14-26(35)25(22-24)30(37)33-16-7-3-8-17-33/h5-6,11-14,22,27,31-32,35-36H,2-4,7-10,15-21,23H2,1H3. The number of amides is 1. The van der Waals surface area contributed by atoms with Gasteiger partial charge in [0.25, 0.3) is 5.91 Å². The van der Waals surface area contributed by atoms with Gasteiger partial charge in [-0.1, -0.05) is 25.5 Å². The summed E-state index contributed by atoms with van der Waals surface area (Å²) < 4.78 is 18.1. The van der Waals surface area contributed by atoms with Gasteiger partial charge in [0, 0.05) is 39.3 Å². The average Bonchev–Trinajstić information content (AvgIpc) is 3.00. The number of carbonyl (C=O) groups is 1. The van der Waals surface area contributed by atoms with Gasteiger partial charge in [-0.05, 0) is 68.9 Å². The van der Waals surface area contributed by atoms with Crippen LogP contribution < -0.4 is 19.5 Å². The molecule has 2 aliphatic rings. The zero-order valence-corrected chi connectivity index (χ0v) is 23.7. The maximum atomic E-state index is 12.9. The molecule has 0 radical (unpaired) electrons. The van der Waals surface area contributed by atoms with Gasteiger partial charge in [0.15, 0.2) is 17.7 Å². The third-order valence-corrected chi connectivity index (χ3v) is 7.38. The Labute approximate surface area is 238 Å². The van der Waals surface area contributed by atoms with Crippen molar-refractivity contribution in [3.8, 4) is 23.0 Å². The number of aliphatic hydroxyl groups is 1. The number of carbonyl (C=O) groups excluding carboxylic acids is 1. The zero-order chi connectivity index (χ0) is 28.2. The maximum Gasteiger partial charge on any atom is 0.257 e. The molecule has 9 heteroatoms. The van der Waals surface area contributed by atoms with Crippen LogP contribution in [-0.4, -0.2) is 90.7 Å². The number of rotatable bonds is 14. The minimum Gasteiger partial charge on any atom is -0.507 e. The number of para-hydroxylation sites is 2. The number of piperidine rings is 2. The van der Waals surface area contributed by atoms with E-state index in [0.29, 0.717) is 43.6 Å². The molecule has 2 heterocycles. The first-order chi connectivity index (χ1) is 19.6.